The van der Waals surface area contributed by atoms with Crippen LogP contribution in [0.3, 0.4) is 0 Å². The predicted octanol–water partition coefficient (Wildman–Crippen LogP) is 3.10. The van der Waals surface area contributed by atoms with Crippen molar-refractivity contribution in [2.24, 2.45) is 0 Å². The summed E-state index contributed by atoms with van der Waals surface area (Å²) in [6, 6.07) is 0. The molecule has 0 aromatic heterocycles. The number of alkyl halides is 1. The summed E-state index contributed by atoms with van der Waals surface area (Å²) < 4.78 is 0. The van der Waals surface area contributed by atoms with Gasteiger partial charge >= 0.3 is 0 Å². The van der Waals surface area contributed by atoms with Gasteiger partial charge in [0.15, 0.2) is 0 Å². The van der Waals surface area contributed by atoms with E-state index in [1.54, 1.807) is 0 Å². The Hall–Kier alpha value is 0.990. The molecular weight excluding hydrogens is 184 g/mol. The fourth-order valence-electron chi connectivity index (χ4n) is 0.564. The van der Waals surface area contributed by atoms with Crippen LogP contribution in [0, 0.1) is 0 Å². The molecule has 0 unspecified atom stereocenters. The molecule has 0 aromatic carbocycles. The third kappa shape index (κ3) is 8.99. The Kier molecular flexibility index (Phi) is 11.0. The van der Waals surface area contributed by atoms with Gasteiger partial charge in [-0.05, 0) is 23.7 Å². The Morgan fingerprint density at radius 2 is 1.80 bits per heavy atom. The highest BCUT2D eigenvalue weighted by atomic mass is 35.5. The molecule has 0 amide bonds. The summed E-state index contributed by atoms with van der Waals surface area (Å²) in [6.45, 7) is 2.20. The third-order valence-corrected chi connectivity index (χ3v) is 3.47. The molecule has 10 heavy (non-hydrogen) atoms. The fraction of sp³-hybridized carbons (Fsp3) is 1.00. The lowest BCUT2D eigenvalue weighted by molar-refractivity contribution is 1.12. The molecule has 3 heteroatoms. The standard InChI is InChI=1S/C7H15ClS2/c1-2-9-5-3-6-10-7-4-8/h2-7H2,1H3. The molecule has 0 bridgehead atoms. The first-order chi connectivity index (χ1) is 4.91. The van der Waals surface area contributed by atoms with Crippen LogP contribution in [0.1, 0.15) is 13.3 Å². The van der Waals surface area contributed by atoms with E-state index in [9.17, 15) is 0 Å². The van der Waals surface area contributed by atoms with Crippen LogP contribution in [-0.4, -0.2) is 28.9 Å². The third-order valence-electron chi connectivity index (χ3n) is 1.00. The van der Waals surface area contributed by atoms with Crippen LogP contribution in [-0.2, 0) is 0 Å². The van der Waals surface area contributed by atoms with Crippen LogP contribution in [0.5, 0.6) is 0 Å². The van der Waals surface area contributed by atoms with E-state index in [-0.39, 0.29) is 0 Å². The summed E-state index contributed by atoms with van der Waals surface area (Å²) in [4.78, 5) is 0. The second-order valence-corrected chi connectivity index (χ2v) is 4.85. The lowest BCUT2D eigenvalue weighted by Gasteiger charge is -1.97. The van der Waals surface area contributed by atoms with Gasteiger partial charge in [-0.25, -0.2) is 0 Å². The smallest absolute Gasteiger partial charge is 0.0314 e. The summed E-state index contributed by atoms with van der Waals surface area (Å²) in [6.07, 6.45) is 1.33. The Bertz CT molecular complexity index is 51.6. The largest absolute Gasteiger partial charge is 0.162 e. The number of halogens is 1. The second kappa shape index (κ2) is 9.99. The van der Waals surface area contributed by atoms with Gasteiger partial charge in [-0.3, -0.25) is 0 Å². The lowest BCUT2D eigenvalue weighted by atomic mass is 10.6. The molecule has 0 N–H and O–H groups in total. The molecule has 0 aromatic rings. The highest BCUT2D eigenvalue weighted by Crippen LogP contribution is 2.07. The molecule has 0 fully saturated rings. The molecule has 0 aliphatic carbocycles. The van der Waals surface area contributed by atoms with Gasteiger partial charge < -0.3 is 0 Å². The zero-order valence-electron chi connectivity index (χ0n) is 6.44. The van der Waals surface area contributed by atoms with Crippen LogP contribution in [0.15, 0.2) is 0 Å². The first kappa shape index (κ1) is 11.0. The minimum Gasteiger partial charge on any atom is -0.162 e. The molecule has 0 heterocycles. The molecular formula is C7H15ClS2. The van der Waals surface area contributed by atoms with E-state index < -0.39 is 0 Å². The van der Waals surface area contributed by atoms with E-state index in [4.69, 9.17) is 11.6 Å². The van der Waals surface area contributed by atoms with Gasteiger partial charge in [-0.2, -0.15) is 23.5 Å². The van der Waals surface area contributed by atoms with Gasteiger partial charge in [0, 0.05) is 11.6 Å². The van der Waals surface area contributed by atoms with Crippen LogP contribution in [0.2, 0.25) is 0 Å². The number of rotatable bonds is 7. The van der Waals surface area contributed by atoms with Crippen molar-refractivity contribution in [2.75, 3.05) is 28.9 Å². The van der Waals surface area contributed by atoms with Crippen molar-refractivity contribution in [3.05, 3.63) is 0 Å². The zero-order chi connectivity index (χ0) is 7.66. The van der Waals surface area contributed by atoms with Crippen molar-refractivity contribution in [3.63, 3.8) is 0 Å². The minimum absolute atomic E-state index is 0.797. The van der Waals surface area contributed by atoms with E-state index in [2.05, 4.69) is 6.92 Å². The van der Waals surface area contributed by atoms with E-state index in [0.29, 0.717) is 0 Å². The van der Waals surface area contributed by atoms with Crippen LogP contribution in [0.25, 0.3) is 0 Å². The van der Waals surface area contributed by atoms with Gasteiger partial charge in [0.1, 0.15) is 0 Å². The number of thioether (sulfide) groups is 2. The number of hydrogen-bond acceptors (Lipinski definition) is 2. The fourth-order valence-corrected chi connectivity index (χ4v) is 2.37. The van der Waals surface area contributed by atoms with Crippen LogP contribution < -0.4 is 0 Å². The first-order valence-corrected chi connectivity index (χ1v) is 6.47. The summed E-state index contributed by atoms with van der Waals surface area (Å²) in [5, 5.41) is 0. The maximum Gasteiger partial charge on any atom is 0.0314 e. The van der Waals surface area contributed by atoms with Crippen molar-refractivity contribution >= 4 is 35.1 Å². The zero-order valence-corrected chi connectivity index (χ0v) is 8.83. The number of hydrogen-bond donors (Lipinski definition) is 0. The monoisotopic (exact) mass is 198 g/mol. The average Bonchev–Trinajstić information content (AvgIpc) is 1.97. The summed E-state index contributed by atoms with van der Waals surface area (Å²) >= 11 is 9.49. The van der Waals surface area contributed by atoms with Crippen molar-refractivity contribution in [3.8, 4) is 0 Å². The van der Waals surface area contributed by atoms with E-state index in [0.717, 1.165) is 11.6 Å². The van der Waals surface area contributed by atoms with Gasteiger partial charge in [0.05, 0.1) is 0 Å². The lowest BCUT2D eigenvalue weighted by Crippen LogP contribution is -1.87. The van der Waals surface area contributed by atoms with Crippen molar-refractivity contribution < 1.29 is 0 Å². The summed E-state index contributed by atoms with van der Waals surface area (Å²) in [5.41, 5.74) is 0. The molecule has 0 aliphatic heterocycles. The van der Waals surface area contributed by atoms with E-state index in [1.165, 1.54) is 23.7 Å². The van der Waals surface area contributed by atoms with E-state index in [1.807, 2.05) is 23.5 Å². The van der Waals surface area contributed by atoms with Crippen LogP contribution in [0.4, 0.5) is 0 Å². The Morgan fingerprint density at radius 3 is 2.40 bits per heavy atom. The minimum atomic E-state index is 0.797. The maximum absolute atomic E-state index is 5.52. The molecule has 0 saturated heterocycles. The summed E-state index contributed by atoms with van der Waals surface area (Å²) in [5.74, 6) is 5.75. The van der Waals surface area contributed by atoms with Crippen molar-refractivity contribution in [2.45, 2.75) is 13.3 Å². The normalized spacial score (nSPS) is 10.2. The summed E-state index contributed by atoms with van der Waals surface area (Å²) in [7, 11) is 0. The van der Waals surface area contributed by atoms with Gasteiger partial charge in [-0.15, -0.1) is 11.6 Å². The second-order valence-electron chi connectivity index (χ2n) is 1.85. The quantitative estimate of drug-likeness (QED) is 0.456. The Balaban J connectivity index is 2.65. The topological polar surface area (TPSA) is 0 Å². The Labute approximate surface area is 77.5 Å². The molecule has 0 saturated carbocycles. The molecule has 0 aliphatic rings. The molecule has 0 spiro atoms. The average molecular weight is 199 g/mol. The van der Waals surface area contributed by atoms with Crippen LogP contribution >= 0.6 is 35.1 Å². The first-order valence-electron chi connectivity index (χ1n) is 3.63. The molecule has 0 atom stereocenters. The van der Waals surface area contributed by atoms with Crippen molar-refractivity contribution in [1.82, 2.24) is 0 Å². The van der Waals surface area contributed by atoms with Gasteiger partial charge in [0.2, 0.25) is 0 Å². The highest BCUT2D eigenvalue weighted by Gasteiger charge is 1.88. The predicted molar refractivity (Wildman–Crippen MR) is 55.7 cm³/mol. The SMILES string of the molecule is CCSCCCSCCCl. The Morgan fingerprint density at radius 1 is 1.10 bits per heavy atom. The van der Waals surface area contributed by atoms with Gasteiger partial charge in [0.25, 0.3) is 0 Å². The highest BCUT2D eigenvalue weighted by molar-refractivity contribution is 8.00. The van der Waals surface area contributed by atoms with Crippen molar-refractivity contribution in [1.29, 1.82) is 0 Å². The maximum atomic E-state index is 5.52. The molecule has 0 rings (SSSR count). The van der Waals surface area contributed by atoms with Gasteiger partial charge in [-0.1, -0.05) is 6.92 Å². The molecule has 0 radical (unpaired) electrons. The molecule has 62 valence electrons. The molecule has 0 nitrogen and oxygen atoms in total. The van der Waals surface area contributed by atoms with E-state index >= 15 is 0 Å².